The molecule has 2 heteroatoms. The number of unbranched alkanes of at least 4 members (excludes halogenated alkanes) is 1. The van der Waals surface area contributed by atoms with Gasteiger partial charge in [-0.25, -0.2) is 0 Å². The van der Waals surface area contributed by atoms with E-state index in [1.807, 2.05) is 0 Å². The van der Waals surface area contributed by atoms with E-state index in [1.54, 1.807) is 0 Å². The van der Waals surface area contributed by atoms with Gasteiger partial charge in [0.05, 0.1) is 0 Å². The molecule has 0 radical (unpaired) electrons. The van der Waals surface area contributed by atoms with Gasteiger partial charge in [-0.15, -0.1) is 0 Å². The van der Waals surface area contributed by atoms with Gasteiger partial charge in [0.2, 0.25) is 0 Å². The molecular formula is C7H16N2. The average molecular weight is 128 g/mol. The standard InChI is InChI=1S/C7H16N2/c8-4-2-1-3-7-5-9-6-7/h7,9H,1-6,8H2. The monoisotopic (exact) mass is 128 g/mol. The zero-order chi connectivity index (χ0) is 6.53. The van der Waals surface area contributed by atoms with Gasteiger partial charge in [-0.1, -0.05) is 6.42 Å². The summed E-state index contributed by atoms with van der Waals surface area (Å²) in [5.74, 6) is 0.969. The van der Waals surface area contributed by atoms with Gasteiger partial charge in [-0.05, 0) is 38.4 Å². The molecule has 2 nitrogen and oxygen atoms in total. The van der Waals surface area contributed by atoms with Crippen LogP contribution in [-0.2, 0) is 0 Å². The van der Waals surface area contributed by atoms with Crippen molar-refractivity contribution in [1.82, 2.24) is 5.32 Å². The van der Waals surface area contributed by atoms with Crippen molar-refractivity contribution in [2.24, 2.45) is 11.7 Å². The molecule has 54 valence electrons. The van der Waals surface area contributed by atoms with Crippen LogP contribution in [0.1, 0.15) is 19.3 Å². The molecule has 1 aliphatic rings. The Morgan fingerprint density at radius 1 is 1.33 bits per heavy atom. The summed E-state index contributed by atoms with van der Waals surface area (Å²) in [5, 5.41) is 3.26. The molecule has 0 saturated carbocycles. The molecule has 0 aromatic heterocycles. The minimum atomic E-state index is 0.861. The summed E-state index contributed by atoms with van der Waals surface area (Å²) in [7, 11) is 0. The van der Waals surface area contributed by atoms with Crippen molar-refractivity contribution in [2.45, 2.75) is 19.3 Å². The lowest BCUT2D eigenvalue weighted by Crippen LogP contribution is -2.41. The van der Waals surface area contributed by atoms with E-state index in [9.17, 15) is 0 Å². The summed E-state index contributed by atoms with van der Waals surface area (Å²) < 4.78 is 0. The third-order valence-corrected chi connectivity index (χ3v) is 1.93. The number of nitrogens with two attached hydrogens (primary N) is 1. The molecule has 1 rings (SSSR count). The Morgan fingerprint density at radius 2 is 2.11 bits per heavy atom. The van der Waals surface area contributed by atoms with E-state index in [4.69, 9.17) is 5.73 Å². The van der Waals surface area contributed by atoms with Crippen LogP contribution in [0.4, 0.5) is 0 Å². The van der Waals surface area contributed by atoms with Gasteiger partial charge in [-0.2, -0.15) is 0 Å². The highest BCUT2D eigenvalue weighted by atomic mass is 14.9. The Bertz CT molecular complexity index is 69.3. The Morgan fingerprint density at radius 3 is 2.56 bits per heavy atom. The number of rotatable bonds is 4. The quantitative estimate of drug-likeness (QED) is 0.536. The first-order valence-corrected chi connectivity index (χ1v) is 3.84. The van der Waals surface area contributed by atoms with Gasteiger partial charge in [0.1, 0.15) is 0 Å². The smallest absolute Gasteiger partial charge is 0.000826 e. The van der Waals surface area contributed by atoms with Gasteiger partial charge in [0.15, 0.2) is 0 Å². The first kappa shape index (κ1) is 7.03. The van der Waals surface area contributed by atoms with Crippen molar-refractivity contribution in [3.8, 4) is 0 Å². The van der Waals surface area contributed by atoms with E-state index in [-0.39, 0.29) is 0 Å². The van der Waals surface area contributed by atoms with Crippen LogP contribution >= 0.6 is 0 Å². The van der Waals surface area contributed by atoms with Crippen molar-refractivity contribution in [2.75, 3.05) is 19.6 Å². The second-order valence-corrected chi connectivity index (χ2v) is 2.81. The Balaban J connectivity index is 1.80. The van der Waals surface area contributed by atoms with Crippen LogP contribution in [0.15, 0.2) is 0 Å². The van der Waals surface area contributed by atoms with Crippen LogP contribution in [0.3, 0.4) is 0 Å². The fourth-order valence-corrected chi connectivity index (χ4v) is 1.13. The third-order valence-electron chi connectivity index (χ3n) is 1.93. The largest absolute Gasteiger partial charge is 0.330 e. The van der Waals surface area contributed by atoms with Gasteiger partial charge < -0.3 is 11.1 Å². The lowest BCUT2D eigenvalue weighted by molar-refractivity contribution is 0.318. The van der Waals surface area contributed by atoms with Crippen molar-refractivity contribution >= 4 is 0 Å². The predicted molar refractivity (Wildman–Crippen MR) is 39.3 cm³/mol. The third kappa shape index (κ3) is 2.33. The molecule has 0 spiro atoms. The Labute approximate surface area is 56.8 Å². The first-order chi connectivity index (χ1) is 4.43. The van der Waals surface area contributed by atoms with Crippen LogP contribution in [0.2, 0.25) is 0 Å². The van der Waals surface area contributed by atoms with Crippen LogP contribution < -0.4 is 11.1 Å². The molecule has 0 atom stereocenters. The van der Waals surface area contributed by atoms with Crippen molar-refractivity contribution in [1.29, 1.82) is 0 Å². The van der Waals surface area contributed by atoms with E-state index in [0.29, 0.717) is 0 Å². The predicted octanol–water partition coefficient (Wildman–Crippen LogP) is 0.335. The molecule has 3 N–H and O–H groups in total. The van der Waals surface area contributed by atoms with Crippen molar-refractivity contribution < 1.29 is 0 Å². The minimum absolute atomic E-state index is 0.861. The lowest BCUT2D eigenvalue weighted by Gasteiger charge is -2.26. The fourth-order valence-electron chi connectivity index (χ4n) is 1.13. The molecule has 0 aromatic rings. The number of hydrogen-bond acceptors (Lipinski definition) is 2. The fraction of sp³-hybridized carbons (Fsp3) is 1.00. The molecule has 1 saturated heterocycles. The van der Waals surface area contributed by atoms with E-state index < -0.39 is 0 Å². The van der Waals surface area contributed by atoms with Gasteiger partial charge in [0, 0.05) is 0 Å². The SMILES string of the molecule is NCCCCC1CNC1. The summed E-state index contributed by atoms with van der Waals surface area (Å²) in [6, 6.07) is 0. The van der Waals surface area contributed by atoms with Gasteiger partial charge in [-0.3, -0.25) is 0 Å². The van der Waals surface area contributed by atoms with E-state index in [0.717, 1.165) is 12.5 Å². The molecular weight excluding hydrogens is 112 g/mol. The molecule has 0 amide bonds. The lowest BCUT2D eigenvalue weighted by atomic mass is 9.97. The Kier molecular flexibility index (Phi) is 3.01. The maximum atomic E-state index is 5.36. The highest BCUT2D eigenvalue weighted by Gasteiger charge is 2.14. The molecule has 9 heavy (non-hydrogen) atoms. The highest BCUT2D eigenvalue weighted by molar-refractivity contribution is 4.73. The maximum Gasteiger partial charge on any atom is -0.000826 e. The summed E-state index contributed by atoms with van der Waals surface area (Å²) >= 11 is 0. The number of nitrogens with one attached hydrogen (secondary N) is 1. The molecule has 0 bridgehead atoms. The Hall–Kier alpha value is -0.0800. The molecule has 0 aliphatic carbocycles. The summed E-state index contributed by atoms with van der Waals surface area (Å²) in [4.78, 5) is 0. The summed E-state index contributed by atoms with van der Waals surface area (Å²) in [6.45, 7) is 3.34. The van der Waals surface area contributed by atoms with Gasteiger partial charge >= 0.3 is 0 Å². The topological polar surface area (TPSA) is 38.0 Å². The van der Waals surface area contributed by atoms with Crippen LogP contribution in [-0.4, -0.2) is 19.6 Å². The van der Waals surface area contributed by atoms with Crippen LogP contribution in [0, 0.1) is 5.92 Å². The maximum absolute atomic E-state index is 5.36. The average Bonchev–Trinajstić information content (AvgIpc) is 1.76. The van der Waals surface area contributed by atoms with Crippen LogP contribution in [0.5, 0.6) is 0 Å². The summed E-state index contributed by atoms with van der Waals surface area (Å²) in [5.41, 5.74) is 5.36. The molecule has 1 aliphatic heterocycles. The molecule has 1 heterocycles. The minimum Gasteiger partial charge on any atom is -0.330 e. The zero-order valence-electron chi connectivity index (χ0n) is 5.90. The second-order valence-electron chi connectivity index (χ2n) is 2.81. The second kappa shape index (κ2) is 3.85. The molecule has 1 fully saturated rings. The van der Waals surface area contributed by atoms with Gasteiger partial charge in [0.25, 0.3) is 0 Å². The van der Waals surface area contributed by atoms with E-state index in [2.05, 4.69) is 5.32 Å². The molecule has 0 aromatic carbocycles. The molecule has 0 unspecified atom stereocenters. The van der Waals surface area contributed by atoms with Crippen molar-refractivity contribution in [3.63, 3.8) is 0 Å². The number of hydrogen-bond donors (Lipinski definition) is 2. The first-order valence-electron chi connectivity index (χ1n) is 3.84. The summed E-state index contributed by atoms with van der Waals surface area (Å²) in [6.07, 6.45) is 3.91. The van der Waals surface area contributed by atoms with E-state index in [1.165, 1.54) is 32.4 Å². The normalized spacial score (nSPS) is 19.7. The van der Waals surface area contributed by atoms with Crippen molar-refractivity contribution in [3.05, 3.63) is 0 Å². The van der Waals surface area contributed by atoms with E-state index >= 15 is 0 Å². The zero-order valence-corrected chi connectivity index (χ0v) is 5.90. The highest BCUT2D eigenvalue weighted by Crippen LogP contribution is 2.11. The van der Waals surface area contributed by atoms with Crippen LogP contribution in [0.25, 0.3) is 0 Å².